The molecule has 1 aromatic heterocycles. The van der Waals surface area contributed by atoms with Gasteiger partial charge in [-0.1, -0.05) is 18.7 Å². The number of nitrogens with zero attached hydrogens (tertiary/aromatic N) is 1. The Kier molecular flexibility index (Phi) is 4.66. The molecule has 1 heterocycles. The number of anilines is 1. The molecule has 0 fully saturated rings. The van der Waals surface area contributed by atoms with Gasteiger partial charge in [0, 0.05) is 11.5 Å². The first-order chi connectivity index (χ1) is 10.1. The van der Waals surface area contributed by atoms with Gasteiger partial charge in [-0.15, -0.1) is 0 Å². The highest BCUT2D eigenvalue weighted by molar-refractivity contribution is 5.89. The highest BCUT2D eigenvalue weighted by Crippen LogP contribution is 2.23. The van der Waals surface area contributed by atoms with Crippen LogP contribution in [0.4, 0.5) is 5.82 Å². The molecular formula is C16H19N3O2. The molecule has 0 aliphatic carbocycles. The van der Waals surface area contributed by atoms with E-state index in [0.29, 0.717) is 18.2 Å². The van der Waals surface area contributed by atoms with Crippen LogP contribution in [0.2, 0.25) is 0 Å². The van der Waals surface area contributed by atoms with Crippen LogP contribution in [0.3, 0.4) is 0 Å². The Morgan fingerprint density at radius 2 is 2.24 bits per heavy atom. The van der Waals surface area contributed by atoms with Crippen LogP contribution in [0.1, 0.15) is 6.92 Å². The number of hydrogen-bond acceptors (Lipinski definition) is 4. The molecule has 0 aliphatic rings. The molecule has 0 radical (unpaired) electrons. The monoisotopic (exact) mass is 285 g/mol. The van der Waals surface area contributed by atoms with Crippen molar-refractivity contribution in [2.24, 2.45) is 0 Å². The third-order valence-corrected chi connectivity index (χ3v) is 3.08. The zero-order chi connectivity index (χ0) is 15.2. The quantitative estimate of drug-likeness (QED) is 0.631. The molecule has 5 nitrogen and oxygen atoms in total. The number of ether oxygens (including phenoxy) is 2. The number of benzene rings is 1. The van der Waals surface area contributed by atoms with Crippen LogP contribution >= 0.6 is 0 Å². The highest BCUT2D eigenvalue weighted by atomic mass is 16.5. The fraction of sp³-hybridized carbons (Fsp3) is 0.188. The first-order valence-corrected chi connectivity index (χ1v) is 6.56. The van der Waals surface area contributed by atoms with Gasteiger partial charge in [-0.25, -0.2) is 0 Å². The first-order valence-electron chi connectivity index (χ1n) is 6.56. The van der Waals surface area contributed by atoms with Crippen molar-refractivity contribution in [3.63, 3.8) is 0 Å². The van der Waals surface area contributed by atoms with Gasteiger partial charge in [-0.2, -0.15) is 5.10 Å². The molecule has 1 aromatic carbocycles. The van der Waals surface area contributed by atoms with E-state index in [1.165, 1.54) is 0 Å². The summed E-state index contributed by atoms with van der Waals surface area (Å²) in [7, 11) is 1.59. The number of methoxy groups -OCH3 is 1. The number of aromatic amines is 1. The van der Waals surface area contributed by atoms with E-state index in [9.17, 15) is 0 Å². The number of rotatable bonds is 6. The lowest BCUT2D eigenvalue weighted by Gasteiger charge is -2.07. The largest absolute Gasteiger partial charge is 0.497 e. The van der Waals surface area contributed by atoms with Crippen molar-refractivity contribution in [3.05, 3.63) is 54.3 Å². The summed E-state index contributed by atoms with van der Waals surface area (Å²) in [5.74, 6) is 1.90. The number of nitrogens with two attached hydrogens (primary N) is 1. The lowest BCUT2D eigenvalue weighted by atomic mass is 10.2. The molecule has 0 bridgehead atoms. The van der Waals surface area contributed by atoms with Crippen molar-refractivity contribution in [1.29, 1.82) is 0 Å². The molecule has 0 spiro atoms. The molecule has 5 heteroatoms. The Morgan fingerprint density at radius 1 is 1.43 bits per heavy atom. The summed E-state index contributed by atoms with van der Waals surface area (Å²) in [4.78, 5) is 0. The molecule has 0 saturated carbocycles. The van der Waals surface area contributed by atoms with E-state index >= 15 is 0 Å². The number of nitrogens with one attached hydrogen (secondary N) is 1. The van der Waals surface area contributed by atoms with Crippen LogP contribution in [-0.4, -0.2) is 23.9 Å². The van der Waals surface area contributed by atoms with Crippen molar-refractivity contribution in [1.82, 2.24) is 10.2 Å². The van der Waals surface area contributed by atoms with Gasteiger partial charge >= 0.3 is 0 Å². The molecule has 110 valence electrons. The maximum absolute atomic E-state index is 5.76. The first kappa shape index (κ1) is 14.7. The molecule has 0 atom stereocenters. The normalized spacial score (nSPS) is 12.0. The average molecular weight is 285 g/mol. The molecule has 0 amide bonds. The smallest absolute Gasteiger partial charge is 0.126 e. The maximum Gasteiger partial charge on any atom is 0.126 e. The number of nitrogen functional groups attached to an aromatic ring is 1. The van der Waals surface area contributed by atoms with Crippen molar-refractivity contribution >= 4 is 16.7 Å². The third kappa shape index (κ3) is 3.66. The van der Waals surface area contributed by atoms with Gasteiger partial charge in [0.2, 0.25) is 0 Å². The minimum Gasteiger partial charge on any atom is -0.497 e. The molecule has 21 heavy (non-hydrogen) atoms. The Labute approximate surface area is 123 Å². The van der Waals surface area contributed by atoms with Gasteiger partial charge in [-0.05, 0) is 30.7 Å². The number of hydrogen-bond donors (Lipinski definition) is 2. The standard InChI is InChI=1S/C16H19N3O2/c1-4-12(6-5-11(2)20-3)10-21-13-7-8-14-15(9-13)18-19-16(14)17/h4-9H,2,10H2,1,3H3,(H3,17,18,19)/b6-5-,12-4+. The second kappa shape index (κ2) is 6.65. The van der Waals surface area contributed by atoms with E-state index in [2.05, 4.69) is 16.8 Å². The van der Waals surface area contributed by atoms with E-state index in [1.54, 1.807) is 13.2 Å². The third-order valence-electron chi connectivity index (χ3n) is 3.08. The molecule has 2 aromatic rings. The van der Waals surface area contributed by atoms with Crippen molar-refractivity contribution < 1.29 is 9.47 Å². The fourth-order valence-electron chi connectivity index (χ4n) is 1.76. The highest BCUT2D eigenvalue weighted by Gasteiger charge is 2.04. The Bertz CT molecular complexity index is 699. The summed E-state index contributed by atoms with van der Waals surface area (Å²) in [6.45, 7) is 6.14. The van der Waals surface area contributed by atoms with Crippen molar-refractivity contribution in [3.8, 4) is 5.75 Å². The predicted molar refractivity (Wildman–Crippen MR) is 85.0 cm³/mol. The predicted octanol–water partition coefficient (Wildman–Crippen LogP) is 3.19. The zero-order valence-electron chi connectivity index (χ0n) is 12.2. The Balaban J connectivity index is 2.03. The number of H-pyrrole nitrogens is 1. The van der Waals surface area contributed by atoms with E-state index in [-0.39, 0.29) is 0 Å². The summed E-state index contributed by atoms with van der Waals surface area (Å²) in [5.41, 5.74) is 7.56. The summed E-state index contributed by atoms with van der Waals surface area (Å²) in [6.07, 6.45) is 5.69. The molecule has 0 unspecified atom stereocenters. The second-order valence-electron chi connectivity index (χ2n) is 4.47. The van der Waals surface area contributed by atoms with Crippen molar-refractivity contribution in [2.75, 3.05) is 19.5 Å². The van der Waals surface area contributed by atoms with Crippen molar-refractivity contribution in [2.45, 2.75) is 6.92 Å². The number of fused-ring (bicyclic) bond motifs is 1. The minimum atomic E-state index is 0.454. The van der Waals surface area contributed by atoms with Crippen LogP contribution in [-0.2, 0) is 4.74 Å². The van der Waals surface area contributed by atoms with Crippen LogP contribution in [0.25, 0.3) is 10.9 Å². The second-order valence-corrected chi connectivity index (χ2v) is 4.47. The average Bonchev–Trinajstić information content (AvgIpc) is 2.88. The Hall–Kier alpha value is -2.69. The number of allylic oxidation sites excluding steroid dienone is 2. The summed E-state index contributed by atoms with van der Waals surface area (Å²) in [6, 6.07) is 5.62. The SMILES string of the molecule is C=C(/C=C\C(=C/C)COc1ccc2c(N)[nH]nc2c1)OC. The topological polar surface area (TPSA) is 73.2 Å². The zero-order valence-corrected chi connectivity index (χ0v) is 12.2. The Morgan fingerprint density at radius 3 is 2.95 bits per heavy atom. The summed E-state index contributed by atoms with van der Waals surface area (Å²) >= 11 is 0. The van der Waals surface area contributed by atoms with E-state index < -0.39 is 0 Å². The molecule has 3 N–H and O–H groups in total. The summed E-state index contributed by atoms with van der Waals surface area (Å²) in [5, 5.41) is 7.75. The van der Waals surface area contributed by atoms with Gasteiger partial charge in [0.1, 0.15) is 23.9 Å². The van der Waals surface area contributed by atoms with Gasteiger partial charge in [0.25, 0.3) is 0 Å². The molecule has 0 saturated heterocycles. The van der Waals surface area contributed by atoms with Gasteiger partial charge in [-0.3, -0.25) is 5.10 Å². The summed E-state index contributed by atoms with van der Waals surface area (Å²) < 4.78 is 10.7. The van der Waals surface area contributed by atoms with Crippen LogP contribution < -0.4 is 10.5 Å². The fourth-order valence-corrected chi connectivity index (χ4v) is 1.76. The van der Waals surface area contributed by atoms with Crippen LogP contribution in [0.15, 0.2) is 54.3 Å². The van der Waals surface area contributed by atoms with E-state index in [0.717, 1.165) is 22.2 Å². The lowest BCUT2D eigenvalue weighted by Crippen LogP contribution is -1.99. The lowest BCUT2D eigenvalue weighted by molar-refractivity contribution is 0.308. The minimum absolute atomic E-state index is 0.454. The van der Waals surface area contributed by atoms with Gasteiger partial charge < -0.3 is 15.2 Å². The van der Waals surface area contributed by atoms with Crippen LogP contribution in [0.5, 0.6) is 5.75 Å². The van der Waals surface area contributed by atoms with Gasteiger partial charge in [0.15, 0.2) is 0 Å². The van der Waals surface area contributed by atoms with E-state index in [4.69, 9.17) is 15.2 Å². The van der Waals surface area contributed by atoms with Gasteiger partial charge in [0.05, 0.1) is 12.6 Å². The molecule has 0 aliphatic heterocycles. The maximum atomic E-state index is 5.76. The van der Waals surface area contributed by atoms with E-state index in [1.807, 2.05) is 37.3 Å². The van der Waals surface area contributed by atoms with Crippen LogP contribution in [0, 0.1) is 0 Å². The molecular weight excluding hydrogens is 266 g/mol. The molecule has 2 rings (SSSR count). The number of aromatic nitrogens is 2.